The zero-order chi connectivity index (χ0) is 19.9. The lowest BCUT2D eigenvalue weighted by molar-refractivity contribution is -0.130. The summed E-state index contributed by atoms with van der Waals surface area (Å²) in [5, 5.41) is 3.74. The summed E-state index contributed by atoms with van der Waals surface area (Å²) in [6.07, 6.45) is 3.03. The highest BCUT2D eigenvalue weighted by Gasteiger charge is 2.14. The number of methoxy groups -OCH3 is 1. The van der Waals surface area contributed by atoms with Crippen molar-refractivity contribution in [3.63, 3.8) is 0 Å². The third-order valence-corrected chi connectivity index (χ3v) is 4.22. The molecule has 0 fully saturated rings. The van der Waals surface area contributed by atoms with Gasteiger partial charge in [-0.1, -0.05) is 24.3 Å². The van der Waals surface area contributed by atoms with Crippen LogP contribution in [0.2, 0.25) is 0 Å². The zero-order valence-corrected chi connectivity index (χ0v) is 15.8. The molecule has 1 N–H and O–H groups in total. The van der Waals surface area contributed by atoms with E-state index in [2.05, 4.69) is 5.32 Å². The lowest BCUT2D eigenvalue weighted by Gasteiger charge is -2.18. The van der Waals surface area contributed by atoms with Crippen molar-refractivity contribution in [2.75, 3.05) is 25.5 Å². The molecule has 3 rings (SSSR count). The molecule has 1 aromatic heterocycles. The van der Waals surface area contributed by atoms with Gasteiger partial charge in [0.2, 0.25) is 11.8 Å². The molecule has 0 saturated heterocycles. The number of fused-ring (bicyclic) bond motifs is 1. The molecule has 0 bridgehead atoms. The average Bonchev–Trinajstić information content (AvgIpc) is 3.13. The van der Waals surface area contributed by atoms with Crippen LogP contribution in [-0.2, 0) is 9.59 Å². The van der Waals surface area contributed by atoms with E-state index in [1.165, 1.54) is 11.0 Å². The van der Waals surface area contributed by atoms with Gasteiger partial charge < -0.3 is 19.4 Å². The largest absolute Gasteiger partial charge is 0.497 e. The number of nitrogens with one attached hydrogen (secondary N) is 1. The maximum Gasteiger partial charge on any atom is 0.247 e. The van der Waals surface area contributed by atoms with Crippen LogP contribution >= 0.6 is 0 Å². The van der Waals surface area contributed by atoms with E-state index in [1.54, 1.807) is 37.5 Å². The summed E-state index contributed by atoms with van der Waals surface area (Å²) in [7, 11) is 1.56. The molecule has 6 heteroatoms. The summed E-state index contributed by atoms with van der Waals surface area (Å²) in [6, 6.07) is 16.6. The number of furan rings is 1. The number of amides is 2. The molecule has 0 aliphatic heterocycles. The van der Waals surface area contributed by atoms with Crippen LogP contribution in [0.3, 0.4) is 0 Å². The molecule has 3 aromatic rings. The second kappa shape index (κ2) is 8.90. The van der Waals surface area contributed by atoms with Crippen molar-refractivity contribution < 1.29 is 18.7 Å². The van der Waals surface area contributed by atoms with Gasteiger partial charge in [-0.3, -0.25) is 9.59 Å². The van der Waals surface area contributed by atoms with Crippen LogP contribution in [0.15, 0.2) is 65.1 Å². The number of anilines is 1. The molecular weight excluding hydrogens is 356 g/mol. The predicted molar refractivity (Wildman–Crippen MR) is 109 cm³/mol. The Kier molecular flexibility index (Phi) is 6.11. The molecule has 0 atom stereocenters. The van der Waals surface area contributed by atoms with Crippen molar-refractivity contribution in [1.82, 2.24) is 4.90 Å². The van der Waals surface area contributed by atoms with E-state index in [9.17, 15) is 9.59 Å². The number of ether oxygens (including phenoxy) is 1. The van der Waals surface area contributed by atoms with Gasteiger partial charge in [0.15, 0.2) is 0 Å². The first-order chi connectivity index (χ1) is 13.6. The number of nitrogens with zero attached hydrogens (tertiary/aromatic N) is 1. The van der Waals surface area contributed by atoms with Crippen molar-refractivity contribution in [2.45, 2.75) is 6.92 Å². The van der Waals surface area contributed by atoms with Gasteiger partial charge in [-0.05, 0) is 37.3 Å². The molecule has 2 amide bonds. The minimum atomic E-state index is -0.277. The smallest absolute Gasteiger partial charge is 0.247 e. The van der Waals surface area contributed by atoms with Gasteiger partial charge in [-0.15, -0.1) is 0 Å². The van der Waals surface area contributed by atoms with Crippen LogP contribution < -0.4 is 10.1 Å². The Bertz CT molecular complexity index is 973. The third-order valence-electron chi connectivity index (χ3n) is 4.22. The lowest BCUT2D eigenvalue weighted by Crippen LogP contribution is -2.36. The van der Waals surface area contributed by atoms with E-state index in [1.807, 2.05) is 37.3 Å². The summed E-state index contributed by atoms with van der Waals surface area (Å²) in [5.41, 5.74) is 1.38. The van der Waals surface area contributed by atoms with Gasteiger partial charge in [0, 0.05) is 29.8 Å². The number of benzene rings is 2. The molecule has 1 heterocycles. The minimum absolute atomic E-state index is 0.0446. The van der Waals surface area contributed by atoms with E-state index < -0.39 is 0 Å². The maximum absolute atomic E-state index is 12.4. The predicted octanol–water partition coefficient (Wildman–Crippen LogP) is 3.94. The van der Waals surface area contributed by atoms with Gasteiger partial charge in [0.05, 0.1) is 7.11 Å². The Morgan fingerprint density at radius 3 is 2.71 bits per heavy atom. The Balaban J connectivity index is 1.61. The summed E-state index contributed by atoms with van der Waals surface area (Å²) in [4.78, 5) is 26.2. The first-order valence-electron chi connectivity index (χ1n) is 8.98. The Morgan fingerprint density at radius 2 is 1.96 bits per heavy atom. The standard InChI is InChI=1S/C22H22N2O4/c1-3-24(15-21(25)23-17-8-6-9-18(14-17)27-2)22(26)12-11-19-13-16-7-4-5-10-20(16)28-19/h4-14H,3,15H2,1-2H3,(H,23,25)/b12-11+. The normalized spacial score (nSPS) is 10.9. The van der Waals surface area contributed by atoms with Gasteiger partial charge >= 0.3 is 0 Å². The lowest BCUT2D eigenvalue weighted by atomic mass is 10.2. The maximum atomic E-state index is 12.4. The number of carbonyl (C=O) groups excluding carboxylic acids is 2. The van der Waals surface area contributed by atoms with Crippen molar-refractivity contribution in [1.29, 1.82) is 0 Å². The summed E-state index contributed by atoms with van der Waals surface area (Å²) in [6.45, 7) is 2.19. The topological polar surface area (TPSA) is 71.8 Å². The van der Waals surface area contributed by atoms with E-state index in [0.717, 1.165) is 11.0 Å². The second-order valence-electron chi connectivity index (χ2n) is 6.15. The summed E-state index contributed by atoms with van der Waals surface area (Å²) < 4.78 is 10.8. The minimum Gasteiger partial charge on any atom is -0.497 e. The quantitative estimate of drug-likeness (QED) is 0.632. The van der Waals surface area contributed by atoms with Crippen LogP contribution in [0.4, 0.5) is 5.69 Å². The first kappa shape index (κ1) is 19.2. The van der Waals surface area contributed by atoms with Crippen molar-refractivity contribution in [3.05, 3.63) is 66.4 Å². The Hall–Kier alpha value is -3.54. The van der Waals surface area contributed by atoms with E-state index in [-0.39, 0.29) is 18.4 Å². The number of hydrogen-bond donors (Lipinski definition) is 1. The summed E-state index contributed by atoms with van der Waals surface area (Å²) in [5.74, 6) is 0.700. The van der Waals surface area contributed by atoms with Crippen molar-refractivity contribution in [3.8, 4) is 5.75 Å². The number of carbonyl (C=O) groups is 2. The van der Waals surface area contributed by atoms with Gasteiger partial charge in [-0.25, -0.2) is 0 Å². The van der Waals surface area contributed by atoms with E-state index in [0.29, 0.717) is 23.7 Å². The van der Waals surface area contributed by atoms with E-state index >= 15 is 0 Å². The second-order valence-corrected chi connectivity index (χ2v) is 6.15. The van der Waals surface area contributed by atoms with Crippen LogP contribution in [0.1, 0.15) is 12.7 Å². The van der Waals surface area contributed by atoms with Crippen LogP contribution in [0, 0.1) is 0 Å². The summed E-state index contributed by atoms with van der Waals surface area (Å²) >= 11 is 0. The monoisotopic (exact) mass is 378 g/mol. The molecule has 0 spiro atoms. The fraction of sp³-hybridized carbons (Fsp3) is 0.182. The average molecular weight is 378 g/mol. The number of rotatable bonds is 7. The van der Waals surface area contributed by atoms with Crippen molar-refractivity contribution >= 4 is 34.5 Å². The van der Waals surface area contributed by atoms with Crippen LogP contribution in [0.5, 0.6) is 5.75 Å². The molecule has 0 unspecified atom stereocenters. The highest BCUT2D eigenvalue weighted by molar-refractivity contribution is 5.98. The van der Waals surface area contributed by atoms with Crippen LogP contribution in [0.25, 0.3) is 17.0 Å². The molecule has 6 nitrogen and oxygen atoms in total. The Labute approximate surface area is 163 Å². The molecule has 0 saturated carbocycles. The number of hydrogen-bond acceptors (Lipinski definition) is 4. The van der Waals surface area contributed by atoms with E-state index in [4.69, 9.17) is 9.15 Å². The van der Waals surface area contributed by atoms with Gasteiger partial charge in [0.25, 0.3) is 0 Å². The Morgan fingerprint density at radius 1 is 1.14 bits per heavy atom. The third kappa shape index (κ3) is 4.79. The van der Waals surface area contributed by atoms with Gasteiger partial charge in [0.1, 0.15) is 23.6 Å². The molecule has 0 radical (unpaired) electrons. The number of likely N-dealkylation sites (N-methyl/N-ethyl adjacent to an activating group) is 1. The SMILES string of the molecule is CCN(CC(=O)Nc1cccc(OC)c1)C(=O)/C=C/c1cc2ccccc2o1. The highest BCUT2D eigenvalue weighted by Crippen LogP contribution is 2.20. The fourth-order valence-electron chi connectivity index (χ4n) is 2.76. The fourth-order valence-corrected chi connectivity index (χ4v) is 2.76. The molecule has 28 heavy (non-hydrogen) atoms. The molecule has 0 aliphatic rings. The molecule has 144 valence electrons. The highest BCUT2D eigenvalue weighted by atomic mass is 16.5. The zero-order valence-electron chi connectivity index (χ0n) is 15.8. The molecule has 2 aromatic carbocycles. The molecular formula is C22H22N2O4. The number of para-hydroxylation sites is 1. The van der Waals surface area contributed by atoms with Crippen LogP contribution in [-0.4, -0.2) is 36.9 Å². The van der Waals surface area contributed by atoms with Gasteiger partial charge in [-0.2, -0.15) is 0 Å². The molecule has 0 aliphatic carbocycles. The first-order valence-corrected chi connectivity index (χ1v) is 8.98. The van der Waals surface area contributed by atoms with Crippen molar-refractivity contribution in [2.24, 2.45) is 0 Å².